The Kier molecular flexibility index (Phi) is 4.64. The van der Waals surface area contributed by atoms with Crippen LogP contribution >= 0.6 is 0 Å². The van der Waals surface area contributed by atoms with Crippen LogP contribution in [0.25, 0.3) is 6.08 Å². The third-order valence-corrected chi connectivity index (χ3v) is 4.06. The van der Waals surface area contributed by atoms with E-state index < -0.39 is 0 Å². The quantitative estimate of drug-likeness (QED) is 0.810. The zero-order valence-corrected chi connectivity index (χ0v) is 12.6. The van der Waals surface area contributed by atoms with Gasteiger partial charge in [-0.25, -0.2) is 0 Å². The number of likely N-dealkylation sites (tertiary alicyclic amines) is 1. The van der Waals surface area contributed by atoms with Crippen LogP contribution in [0.2, 0.25) is 0 Å². The SMILES string of the molecule is O=C(/C=C/c1ccccn1)N1CCCC1Cc1ccccc1. The van der Waals surface area contributed by atoms with Gasteiger partial charge in [0.05, 0.1) is 5.69 Å². The van der Waals surface area contributed by atoms with E-state index in [2.05, 4.69) is 29.2 Å². The monoisotopic (exact) mass is 292 g/mol. The lowest BCUT2D eigenvalue weighted by molar-refractivity contribution is -0.126. The van der Waals surface area contributed by atoms with Crippen molar-refractivity contribution in [3.05, 3.63) is 72.1 Å². The first-order valence-electron chi connectivity index (χ1n) is 7.76. The van der Waals surface area contributed by atoms with Crippen LogP contribution in [0.4, 0.5) is 0 Å². The Morgan fingerprint density at radius 3 is 2.77 bits per heavy atom. The molecular weight excluding hydrogens is 272 g/mol. The van der Waals surface area contributed by atoms with E-state index in [1.165, 1.54) is 5.56 Å². The zero-order chi connectivity index (χ0) is 15.2. The Morgan fingerprint density at radius 1 is 1.18 bits per heavy atom. The molecule has 1 aromatic heterocycles. The van der Waals surface area contributed by atoms with Crippen LogP contribution in [-0.2, 0) is 11.2 Å². The molecule has 0 saturated carbocycles. The maximum atomic E-state index is 12.4. The number of amides is 1. The highest BCUT2D eigenvalue weighted by atomic mass is 16.2. The molecule has 1 aromatic carbocycles. The maximum Gasteiger partial charge on any atom is 0.246 e. The van der Waals surface area contributed by atoms with Gasteiger partial charge in [-0.2, -0.15) is 0 Å². The summed E-state index contributed by atoms with van der Waals surface area (Å²) in [5.41, 5.74) is 2.11. The van der Waals surface area contributed by atoms with Crippen LogP contribution < -0.4 is 0 Å². The summed E-state index contributed by atoms with van der Waals surface area (Å²) in [7, 11) is 0. The lowest BCUT2D eigenvalue weighted by Crippen LogP contribution is -2.35. The number of hydrogen-bond donors (Lipinski definition) is 0. The Bertz CT molecular complexity index is 637. The molecule has 1 aliphatic heterocycles. The fourth-order valence-corrected chi connectivity index (χ4v) is 2.95. The molecule has 3 heteroatoms. The molecule has 2 aromatic rings. The molecule has 1 atom stereocenters. The highest BCUT2D eigenvalue weighted by Gasteiger charge is 2.27. The molecule has 3 rings (SSSR count). The summed E-state index contributed by atoms with van der Waals surface area (Å²) in [4.78, 5) is 18.6. The van der Waals surface area contributed by atoms with Crippen molar-refractivity contribution in [2.75, 3.05) is 6.54 Å². The number of carbonyl (C=O) groups is 1. The van der Waals surface area contributed by atoms with E-state index in [1.54, 1.807) is 18.3 Å². The normalized spacial score (nSPS) is 18.0. The van der Waals surface area contributed by atoms with Crippen LogP contribution in [0.15, 0.2) is 60.8 Å². The first kappa shape index (κ1) is 14.5. The van der Waals surface area contributed by atoms with Gasteiger partial charge in [0, 0.05) is 24.9 Å². The lowest BCUT2D eigenvalue weighted by atomic mass is 10.0. The van der Waals surface area contributed by atoms with Crippen LogP contribution in [0.5, 0.6) is 0 Å². The van der Waals surface area contributed by atoms with Gasteiger partial charge in [0.15, 0.2) is 0 Å². The van der Waals surface area contributed by atoms with Crippen molar-refractivity contribution in [3.63, 3.8) is 0 Å². The van der Waals surface area contributed by atoms with Crippen molar-refractivity contribution in [1.82, 2.24) is 9.88 Å². The molecule has 112 valence electrons. The Morgan fingerprint density at radius 2 is 2.00 bits per heavy atom. The minimum atomic E-state index is 0.0871. The van der Waals surface area contributed by atoms with E-state index in [0.29, 0.717) is 6.04 Å². The molecule has 22 heavy (non-hydrogen) atoms. The van der Waals surface area contributed by atoms with Crippen LogP contribution in [0.3, 0.4) is 0 Å². The van der Waals surface area contributed by atoms with Crippen molar-refractivity contribution < 1.29 is 4.79 Å². The second-order valence-electron chi connectivity index (χ2n) is 5.61. The number of nitrogens with zero attached hydrogens (tertiary/aromatic N) is 2. The third kappa shape index (κ3) is 3.61. The molecule has 1 aliphatic rings. The van der Waals surface area contributed by atoms with Crippen LogP contribution in [-0.4, -0.2) is 28.4 Å². The van der Waals surface area contributed by atoms with Gasteiger partial charge in [0.1, 0.15) is 0 Å². The molecule has 2 heterocycles. The molecule has 0 spiro atoms. The summed E-state index contributed by atoms with van der Waals surface area (Å²) in [5.74, 6) is 0.0871. The minimum Gasteiger partial charge on any atom is -0.336 e. The fraction of sp³-hybridized carbons (Fsp3) is 0.263. The van der Waals surface area contributed by atoms with E-state index >= 15 is 0 Å². The Hall–Kier alpha value is -2.42. The van der Waals surface area contributed by atoms with Crippen LogP contribution in [0.1, 0.15) is 24.1 Å². The van der Waals surface area contributed by atoms with E-state index in [0.717, 1.165) is 31.5 Å². The van der Waals surface area contributed by atoms with E-state index in [-0.39, 0.29) is 5.91 Å². The first-order valence-corrected chi connectivity index (χ1v) is 7.76. The molecule has 1 amide bonds. The van der Waals surface area contributed by atoms with Gasteiger partial charge in [0.25, 0.3) is 0 Å². The van der Waals surface area contributed by atoms with Gasteiger partial charge in [-0.3, -0.25) is 9.78 Å². The molecule has 1 saturated heterocycles. The van der Waals surface area contributed by atoms with Crippen molar-refractivity contribution in [1.29, 1.82) is 0 Å². The third-order valence-electron chi connectivity index (χ3n) is 4.06. The highest BCUT2D eigenvalue weighted by molar-refractivity contribution is 5.91. The van der Waals surface area contributed by atoms with Crippen molar-refractivity contribution in [2.24, 2.45) is 0 Å². The maximum absolute atomic E-state index is 12.4. The van der Waals surface area contributed by atoms with Gasteiger partial charge in [-0.1, -0.05) is 36.4 Å². The Balaban J connectivity index is 1.65. The van der Waals surface area contributed by atoms with Gasteiger partial charge in [0.2, 0.25) is 5.91 Å². The van der Waals surface area contributed by atoms with E-state index in [4.69, 9.17) is 0 Å². The predicted molar refractivity (Wildman–Crippen MR) is 88.2 cm³/mol. The van der Waals surface area contributed by atoms with E-state index in [9.17, 15) is 4.79 Å². The summed E-state index contributed by atoms with van der Waals surface area (Å²) in [6.45, 7) is 0.850. The zero-order valence-electron chi connectivity index (χ0n) is 12.6. The van der Waals surface area contributed by atoms with Gasteiger partial charge in [-0.15, -0.1) is 0 Å². The van der Waals surface area contributed by atoms with Crippen LogP contribution in [0, 0.1) is 0 Å². The molecule has 0 N–H and O–H groups in total. The van der Waals surface area contributed by atoms with Crippen molar-refractivity contribution in [2.45, 2.75) is 25.3 Å². The summed E-state index contributed by atoms with van der Waals surface area (Å²) in [6, 6.07) is 16.4. The first-order chi connectivity index (χ1) is 10.8. The smallest absolute Gasteiger partial charge is 0.246 e. The van der Waals surface area contributed by atoms with Gasteiger partial charge < -0.3 is 4.90 Å². The molecule has 3 nitrogen and oxygen atoms in total. The molecule has 1 unspecified atom stereocenters. The number of carbonyl (C=O) groups excluding carboxylic acids is 1. The molecule has 0 radical (unpaired) electrons. The molecule has 0 aliphatic carbocycles. The summed E-state index contributed by atoms with van der Waals surface area (Å²) in [6.07, 6.45) is 8.27. The van der Waals surface area contributed by atoms with Crippen molar-refractivity contribution >= 4 is 12.0 Å². The average molecular weight is 292 g/mol. The highest BCUT2D eigenvalue weighted by Crippen LogP contribution is 2.21. The number of benzene rings is 1. The average Bonchev–Trinajstić information content (AvgIpc) is 3.03. The summed E-state index contributed by atoms with van der Waals surface area (Å²) in [5, 5.41) is 0. The lowest BCUT2D eigenvalue weighted by Gasteiger charge is -2.23. The molecular formula is C19H20N2O. The largest absolute Gasteiger partial charge is 0.336 e. The number of aromatic nitrogens is 1. The number of hydrogen-bond acceptors (Lipinski definition) is 2. The number of rotatable bonds is 4. The Labute approximate surface area is 131 Å². The van der Waals surface area contributed by atoms with Gasteiger partial charge in [-0.05, 0) is 43.0 Å². The second-order valence-corrected chi connectivity index (χ2v) is 5.61. The molecule has 1 fully saturated rings. The van der Waals surface area contributed by atoms with E-state index in [1.807, 2.05) is 29.2 Å². The standard InChI is InChI=1S/C19H20N2O/c22-19(12-11-17-9-4-5-13-20-17)21-14-6-10-18(21)15-16-7-2-1-3-8-16/h1-5,7-9,11-13,18H,6,10,14-15H2/b12-11+. The minimum absolute atomic E-state index is 0.0871. The second kappa shape index (κ2) is 7.03. The van der Waals surface area contributed by atoms with Crippen molar-refractivity contribution in [3.8, 4) is 0 Å². The summed E-state index contributed by atoms with van der Waals surface area (Å²) >= 11 is 0. The van der Waals surface area contributed by atoms with Gasteiger partial charge >= 0.3 is 0 Å². The summed E-state index contributed by atoms with van der Waals surface area (Å²) < 4.78 is 0. The molecule has 0 bridgehead atoms. The topological polar surface area (TPSA) is 33.2 Å². The fourth-order valence-electron chi connectivity index (χ4n) is 2.95. The predicted octanol–water partition coefficient (Wildman–Crippen LogP) is 3.33. The number of pyridine rings is 1.